The SMILES string of the molecule is CC(C)c1cccc2c1-n1c3c(ccc4c3n1-c1c(C(C)C)cccc1C4C)C2C. The summed E-state index contributed by atoms with van der Waals surface area (Å²) in [5.41, 5.74) is 14.4. The number of rotatable bonds is 2. The van der Waals surface area contributed by atoms with Gasteiger partial charge in [0.05, 0.1) is 22.4 Å². The molecule has 3 aromatic carbocycles. The van der Waals surface area contributed by atoms with Gasteiger partial charge >= 0.3 is 0 Å². The topological polar surface area (TPSA) is 9.86 Å². The molecular weight excluding hydrogens is 364 g/mol. The third-order valence-corrected chi connectivity index (χ3v) is 7.57. The van der Waals surface area contributed by atoms with Gasteiger partial charge in [-0.3, -0.25) is 0 Å². The molecule has 0 bridgehead atoms. The second-order valence-electron chi connectivity index (χ2n) is 9.89. The van der Waals surface area contributed by atoms with Crippen molar-refractivity contribution in [3.8, 4) is 11.4 Å². The monoisotopic (exact) mass is 394 g/mol. The first-order chi connectivity index (χ1) is 14.4. The molecule has 2 aliphatic rings. The van der Waals surface area contributed by atoms with E-state index >= 15 is 0 Å². The van der Waals surface area contributed by atoms with Crippen molar-refractivity contribution in [2.45, 2.75) is 65.2 Å². The number of para-hydroxylation sites is 2. The van der Waals surface area contributed by atoms with Crippen LogP contribution >= 0.6 is 0 Å². The van der Waals surface area contributed by atoms with Crippen molar-refractivity contribution < 1.29 is 0 Å². The molecule has 4 aromatic rings. The molecule has 0 spiro atoms. The fourth-order valence-electron chi connectivity index (χ4n) is 5.95. The molecule has 6 rings (SSSR count). The van der Waals surface area contributed by atoms with Crippen LogP contribution in [0, 0.1) is 0 Å². The molecule has 0 saturated heterocycles. The summed E-state index contributed by atoms with van der Waals surface area (Å²) in [5, 5.41) is 0. The second-order valence-corrected chi connectivity index (χ2v) is 9.89. The third kappa shape index (κ3) is 2.00. The summed E-state index contributed by atoms with van der Waals surface area (Å²) in [6, 6.07) is 18.6. The Kier molecular flexibility index (Phi) is 3.56. The average Bonchev–Trinajstić information content (AvgIpc) is 2.72. The van der Waals surface area contributed by atoms with E-state index in [0.717, 1.165) is 0 Å². The maximum absolute atomic E-state index is 2.55. The average molecular weight is 395 g/mol. The molecule has 1 aromatic heterocycles. The minimum atomic E-state index is 0.425. The molecule has 152 valence electrons. The summed E-state index contributed by atoms with van der Waals surface area (Å²) in [6.45, 7) is 14.0. The lowest BCUT2D eigenvalue weighted by atomic mass is 9.79. The molecule has 2 aliphatic heterocycles. The molecule has 0 amide bonds. The number of benzene rings is 3. The largest absolute Gasteiger partial charge is 0.246 e. The molecule has 0 radical (unpaired) electrons. The molecule has 0 fully saturated rings. The number of hydrogen-bond acceptors (Lipinski definition) is 0. The Hall–Kier alpha value is -2.74. The lowest BCUT2D eigenvalue weighted by Crippen LogP contribution is -2.33. The summed E-state index contributed by atoms with van der Waals surface area (Å²) in [5.74, 6) is 1.83. The highest BCUT2D eigenvalue weighted by Crippen LogP contribution is 2.51. The number of aromatic nitrogens is 2. The van der Waals surface area contributed by atoms with Crippen molar-refractivity contribution in [1.82, 2.24) is 9.36 Å². The third-order valence-electron chi connectivity index (χ3n) is 7.57. The van der Waals surface area contributed by atoms with Crippen LogP contribution in [0.15, 0.2) is 48.5 Å². The molecule has 3 heterocycles. The van der Waals surface area contributed by atoms with E-state index < -0.39 is 0 Å². The van der Waals surface area contributed by atoms with E-state index in [9.17, 15) is 0 Å². The van der Waals surface area contributed by atoms with Crippen LogP contribution in [0.4, 0.5) is 0 Å². The minimum absolute atomic E-state index is 0.425. The fraction of sp³-hybridized carbons (Fsp3) is 0.357. The highest BCUT2D eigenvalue weighted by Gasteiger charge is 2.38. The van der Waals surface area contributed by atoms with Crippen molar-refractivity contribution in [2.75, 3.05) is 0 Å². The molecule has 0 saturated carbocycles. The van der Waals surface area contributed by atoms with Gasteiger partial charge in [-0.1, -0.05) is 90.1 Å². The van der Waals surface area contributed by atoms with Crippen LogP contribution in [-0.4, -0.2) is 9.36 Å². The van der Waals surface area contributed by atoms with Crippen LogP contribution < -0.4 is 0 Å². The van der Waals surface area contributed by atoms with Crippen molar-refractivity contribution in [3.63, 3.8) is 0 Å². The number of nitrogens with zero attached hydrogens (tertiary/aromatic N) is 2. The van der Waals surface area contributed by atoms with Gasteiger partial charge in [-0.05, 0) is 45.2 Å². The normalized spacial score (nSPS) is 18.9. The van der Waals surface area contributed by atoms with E-state index in [4.69, 9.17) is 0 Å². The van der Waals surface area contributed by atoms with Crippen molar-refractivity contribution in [2.24, 2.45) is 0 Å². The molecule has 30 heavy (non-hydrogen) atoms. The predicted octanol–water partition coefficient (Wildman–Crippen LogP) is 7.60. The van der Waals surface area contributed by atoms with Crippen LogP contribution in [0.2, 0.25) is 0 Å². The van der Waals surface area contributed by atoms with Crippen LogP contribution in [0.5, 0.6) is 0 Å². The molecule has 2 unspecified atom stereocenters. The van der Waals surface area contributed by atoms with Gasteiger partial charge in [0.15, 0.2) is 0 Å². The van der Waals surface area contributed by atoms with Gasteiger partial charge in [-0.2, -0.15) is 0 Å². The van der Waals surface area contributed by atoms with Crippen molar-refractivity contribution >= 4 is 11.0 Å². The Morgan fingerprint density at radius 1 is 0.567 bits per heavy atom. The smallest absolute Gasteiger partial charge is 0.0935 e. The molecule has 2 nitrogen and oxygen atoms in total. The minimum Gasteiger partial charge on any atom is -0.246 e. The first kappa shape index (κ1) is 18.1. The maximum atomic E-state index is 2.55. The summed E-state index contributed by atoms with van der Waals surface area (Å²) >= 11 is 0. The van der Waals surface area contributed by atoms with E-state index in [-0.39, 0.29) is 0 Å². The van der Waals surface area contributed by atoms with Gasteiger partial charge in [0.1, 0.15) is 0 Å². The predicted molar refractivity (Wildman–Crippen MR) is 126 cm³/mol. The quantitative estimate of drug-likeness (QED) is 0.331. The van der Waals surface area contributed by atoms with E-state index in [2.05, 4.69) is 99.4 Å². The van der Waals surface area contributed by atoms with E-state index in [1.807, 2.05) is 0 Å². The van der Waals surface area contributed by atoms with Crippen LogP contribution in [-0.2, 0) is 0 Å². The zero-order valence-electron chi connectivity index (χ0n) is 18.8. The Morgan fingerprint density at radius 3 is 1.33 bits per heavy atom. The van der Waals surface area contributed by atoms with Gasteiger partial charge in [-0.25, -0.2) is 9.36 Å². The lowest BCUT2D eigenvalue weighted by Gasteiger charge is -2.43. The standard InChI is InChI=1S/C28H30N2/c1-15(2)19-9-7-11-21-17(5)23-13-14-24-18(6)22-12-8-10-20(16(3)4)26(22)30-28(24)27(23)29(30)25(19)21/h7-18H,1-6H3. The number of fused-ring (bicyclic) bond motifs is 5. The highest BCUT2D eigenvalue weighted by atomic mass is 15.5. The van der Waals surface area contributed by atoms with E-state index in [0.29, 0.717) is 23.7 Å². The van der Waals surface area contributed by atoms with Crippen LogP contribution in [0.3, 0.4) is 0 Å². The highest BCUT2D eigenvalue weighted by molar-refractivity contribution is 5.94. The zero-order valence-corrected chi connectivity index (χ0v) is 18.8. The fourth-order valence-corrected chi connectivity index (χ4v) is 5.95. The first-order valence-corrected chi connectivity index (χ1v) is 11.4. The molecule has 2 atom stereocenters. The summed E-state index contributed by atoms with van der Waals surface area (Å²) in [4.78, 5) is 0. The number of hydrogen-bond donors (Lipinski definition) is 0. The Morgan fingerprint density at radius 2 is 0.967 bits per heavy atom. The molecular formula is C28H30N2. The van der Waals surface area contributed by atoms with Crippen LogP contribution in [0.25, 0.3) is 22.4 Å². The maximum Gasteiger partial charge on any atom is 0.0935 e. The Bertz CT molecular complexity index is 1230. The van der Waals surface area contributed by atoms with E-state index in [1.165, 1.54) is 55.8 Å². The van der Waals surface area contributed by atoms with Gasteiger partial charge in [0.2, 0.25) is 0 Å². The first-order valence-electron chi connectivity index (χ1n) is 11.4. The van der Waals surface area contributed by atoms with Gasteiger partial charge in [0, 0.05) is 11.8 Å². The van der Waals surface area contributed by atoms with Gasteiger partial charge in [-0.15, -0.1) is 0 Å². The second kappa shape index (κ2) is 5.91. The van der Waals surface area contributed by atoms with Crippen molar-refractivity contribution in [1.29, 1.82) is 0 Å². The zero-order chi connectivity index (χ0) is 20.9. The van der Waals surface area contributed by atoms with Crippen molar-refractivity contribution in [3.05, 3.63) is 81.9 Å². The summed E-state index contributed by atoms with van der Waals surface area (Å²) in [6.07, 6.45) is 0. The van der Waals surface area contributed by atoms with Crippen LogP contribution in [0.1, 0.15) is 98.6 Å². The molecule has 0 aliphatic carbocycles. The van der Waals surface area contributed by atoms with Gasteiger partial charge in [0.25, 0.3) is 0 Å². The Labute approximate surface area is 179 Å². The lowest BCUT2D eigenvalue weighted by molar-refractivity contribution is 0.642. The van der Waals surface area contributed by atoms with E-state index in [1.54, 1.807) is 0 Å². The summed E-state index contributed by atoms with van der Waals surface area (Å²) < 4.78 is 5.10. The van der Waals surface area contributed by atoms with Gasteiger partial charge < -0.3 is 0 Å². The molecule has 2 heteroatoms. The summed E-state index contributed by atoms with van der Waals surface area (Å²) in [7, 11) is 0. The Balaban J connectivity index is 1.81. The molecule has 0 N–H and O–H groups in total.